The molecule has 0 spiro atoms. The number of carbonyl (C=O) groups is 13. The number of halogens is 1. The molecule has 1 radical (unpaired) electrons. The Kier molecular flexibility index (Phi) is 64.6. The summed E-state index contributed by atoms with van der Waals surface area (Å²) in [4.78, 5) is 228. The summed E-state index contributed by atoms with van der Waals surface area (Å²) in [5.74, 6) is -9.55. The van der Waals surface area contributed by atoms with Crippen LogP contribution in [0.3, 0.4) is 0 Å². The third-order valence-corrected chi connectivity index (χ3v) is 20.8. The summed E-state index contributed by atoms with van der Waals surface area (Å²) in [6.45, 7) is 8.24. The number of carboxylic acids is 4. The van der Waals surface area contributed by atoms with Crippen LogP contribution in [0.5, 0.6) is 0 Å². The Morgan fingerprint density at radius 2 is 0.959 bits per heavy atom. The van der Waals surface area contributed by atoms with E-state index in [9.17, 15) is 77.6 Å². The number of nitrogens with zero attached hydrogens (tertiary/aromatic N) is 4. The molecule has 3 aromatic rings. The summed E-state index contributed by atoms with van der Waals surface area (Å²) in [6, 6.07) is 20.8. The number of hydrogen-bond acceptors (Lipinski definition) is 23. The number of aliphatic carboxylic acids is 4. The fraction of sp³-hybridized carbons (Fsp3) is 0.605. The van der Waals surface area contributed by atoms with E-state index in [0.29, 0.717) is 166 Å². The molecule has 0 aliphatic carbocycles. The summed E-state index contributed by atoms with van der Waals surface area (Å²) in [5.41, 5.74) is 3.28. The molecule has 6 amide bonds. The zero-order chi connectivity index (χ0) is 89.4. The maximum absolute atomic E-state index is 14.9. The van der Waals surface area contributed by atoms with Gasteiger partial charge in [-0.2, -0.15) is 64.2 Å². The van der Waals surface area contributed by atoms with Gasteiger partial charge in [-0.1, -0.05) is 87.9 Å². The molecule has 1 saturated heterocycles. The van der Waals surface area contributed by atoms with Crippen molar-refractivity contribution in [3.8, 4) is 0 Å². The van der Waals surface area contributed by atoms with Gasteiger partial charge < -0.3 is 62.1 Å². The number of rotatable bonds is 56. The molecule has 667 valence electrons. The summed E-state index contributed by atoms with van der Waals surface area (Å²) < 4.78 is 1.13. The molecule has 1 heterocycles. The summed E-state index contributed by atoms with van der Waals surface area (Å²) in [7, 11) is 3.94. The zero-order valence-electron chi connectivity index (χ0n) is 70.4. The van der Waals surface area contributed by atoms with Crippen molar-refractivity contribution in [1.82, 2.24) is 51.5 Å². The molecule has 6 atom stereocenters. The van der Waals surface area contributed by atoms with E-state index in [1.165, 1.54) is 0 Å². The molecule has 1 fully saturated rings. The first-order valence-electron chi connectivity index (χ1n) is 41.1. The van der Waals surface area contributed by atoms with Crippen molar-refractivity contribution in [2.75, 3.05) is 92.6 Å². The smallest absolute Gasteiger partial charge is 0.373 e. The standard InChI is InChI=1S/C83H124IN10O17.3CO2.Y/c1-60-23-21-27-64(53-60)54-66(79(105)90-73(55-63-24-11-7-12-25-63)74(98)57-65(81(107)108)28-13-8-15-30-68(95)29-14-5-6-18-34-75(99)85-43-19-10-20-44-86-83(111)87-61(2)35-42-77(101)102)56-70(97)40-41-71(88-76(100)58-93-49-47-91(3)45-46-92(4)48-50-94(52-51-93)59-78(103)104)80(106)89-72(82(109)110)33-17-9-16-31-69(96)32-22-26-62-36-38-67(84)39-37-62;3*2-1-3;/h7,11-12,21,24-25,27,36-39,53,61,65-66,71-73H,5-6,8-10,13-20,22,26,28-35,40-52,54-59H2,1-4H3,(H,85,99)(H,88,100)(H,89,106)(H,90,105)(H,101,102)(H,103,104)(H,107,108)(H,109,110)(H2,86,87,111);;;;/q-1;;;;. The van der Waals surface area contributed by atoms with E-state index in [4.69, 9.17) is 33.9 Å². The summed E-state index contributed by atoms with van der Waals surface area (Å²) in [6.07, 6.45) is 11.3. The van der Waals surface area contributed by atoms with Crippen molar-refractivity contribution in [3.05, 3.63) is 105 Å². The number of aryl methyl sites for hydroxylation is 2. The Morgan fingerprint density at radius 1 is 0.446 bits per heavy atom. The maximum Gasteiger partial charge on any atom is 0.373 e. The van der Waals surface area contributed by atoms with Gasteiger partial charge in [0.2, 0.25) is 23.6 Å². The van der Waals surface area contributed by atoms with E-state index in [1.54, 1.807) is 54.3 Å². The minimum Gasteiger partial charge on any atom is -0.481 e. The Morgan fingerprint density at radius 3 is 1.51 bits per heavy atom. The monoisotopic (exact) mass is 1880 g/mol. The van der Waals surface area contributed by atoms with E-state index in [2.05, 4.69) is 70.4 Å². The maximum atomic E-state index is 14.9. The first kappa shape index (κ1) is 112. The molecule has 33 nitrogen and oxygen atoms in total. The molecular weight excluding hydrogens is 1760 g/mol. The van der Waals surface area contributed by atoms with Crippen molar-refractivity contribution >= 4 is 118 Å². The van der Waals surface area contributed by atoms with Crippen molar-refractivity contribution in [2.24, 2.45) is 11.8 Å². The number of hydrogen-bond donors (Lipinski definition) is 10. The number of carboxylic acid groups (broad SMARTS) is 4. The number of carbonyl (C=O) groups excluding carboxylic acids is 15. The van der Waals surface area contributed by atoms with Gasteiger partial charge in [0.1, 0.15) is 29.4 Å². The molecule has 35 heteroatoms. The van der Waals surface area contributed by atoms with E-state index >= 15 is 0 Å². The molecule has 0 bridgehead atoms. The van der Waals surface area contributed by atoms with Crippen LogP contribution in [0.2, 0.25) is 0 Å². The summed E-state index contributed by atoms with van der Waals surface area (Å²) in [5, 5.41) is 56.1. The predicted molar refractivity (Wildman–Crippen MR) is 447 cm³/mol. The number of ketones is 4. The van der Waals surface area contributed by atoms with Crippen molar-refractivity contribution in [3.63, 3.8) is 0 Å². The molecular formula is C86H124IN10O23Y-. The van der Waals surface area contributed by atoms with Gasteiger partial charge in [0.15, 0.2) is 5.78 Å². The van der Waals surface area contributed by atoms with Gasteiger partial charge in [-0.25, -0.2) is 9.59 Å². The third kappa shape index (κ3) is 58.8. The number of amides is 6. The minimum atomic E-state index is -1.43. The van der Waals surface area contributed by atoms with Crippen LogP contribution >= 0.6 is 22.6 Å². The molecule has 3 aromatic carbocycles. The molecule has 10 N–H and O–H groups in total. The normalized spacial score (nSPS) is 14.0. The Bertz CT molecular complexity index is 3680. The molecule has 1 aliphatic rings. The fourth-order valence-corrected chi connectivity index (χ4v) is 13.6. The van der Waals surface area contributed by atoms with Crippen LogP contribution in [-0.4, -0.2) is 252 Å². The number of benzene rings is 3. The van der Waals surface area contributed by atoms with Gasteiger partial charge in [-0.05, 0) is 163 Å². The van der Waals surface area contributed by atoms with Gasteiger partial charge in [0.05, 0.1) is 25.0 Å². The van der Waals surface area contributed by atoms with Gasteiger partial charge >= 0.3 is 48.4 Å². The second kappa shape index (κ2) is 69.7. The molecule has 6 unspecified atom stereocenters. The second-order valence-electron chi connectivity index (χ2n) is 30.2. The van der Waals surface area contributed by atoms with Crippen LogP contribution in [0, 0.1) is 28.4 Å². The van der Waals surface area contributed by atoms with E-state index < -0.39 is 89.5 Å². The van der Waals surface area contributed by atoms with Crippen LogP contribution in [0.25, 0.3) is 0 Å². The molecule has 4 rings (SSSR count). The van der Waals surface area contributed by atoms with Gasteiger partial charge in [0, 0.05) is 171 Å². The number of Topliss-reactive ketones (excluding diaryl/α,β-unsaturated/α-hetero) is 4. The Hall–Kier alpha value is -8.82. The second-order valence-corrected chi connectivity index (χ2v) is 31.4. The van der Waals surface area contributed by atoms with E-state index in [1.807, 2.05) is 56.3 Å². The Balaban J connectivity index is 0.0000137. The van der Waals surface area contributed by atoms with Crippen LogP contribution in [0.15, 0.2) is 72.8 Å². The average molecular weight is 1880 g/mol. The molecule has 0 saturated carbocycles. The summed E-state index contributed by atoms with van der Waals surface area (Å²) >= 11 is 2.24. The predicted octanol–water partition coefficient (Wildman–Crippen LogP) is 6.79. The van der Waals surface area contributed by atoms with Crippen LogP contribution in [-0.2, 0) is 138 Å². The number of likely N-dealkylation sites (N-methyl/N-ethyl adjacent to an activating group) is 2. The first-order chi connectivity index (χ1) is 57.3. The fourth-order valence-electron chi connectivity index (χ4n) is 13.2. The molecule has 1 aliphatic heterocycles. The number of nitrogens with one attached hydrogen (secondary N) is 6. The topological polar surface area (TPSA) is 490 Å². The zero-order valence-corrected chi connectivity index (χ0v) is 75.4. The van der Waals surface area contributed by atoms with Gasteiger partial charge in [0.25, 0.3) is 0 Å². The molecule has 0 aromatic heterocycles. The minimum absolute atomic E-state index is 0. The number of urea groups is 1. The first-order valence-corrected chi connectivity index (χ1v) is 42.2. The average Bonchev–Trinajstić information content (AvgIpc) is 0.848. The quantitative estimate of drug-likeness (QED) is 0.0158. The molecule has 121 heavy (non-hydrogen) atoms. The van der Waals surface area contributed by atoms with Gasteiger partial charge in [-0.15, -0.1) is 0 Å². The van der Waals surface area contributed by atoms with E-state index in [0.717, 1.165) is 59.8 Å². The van der Waals surface area contributed by atoms with E-state index in [-0.39, 0.29) is 145 Å². The van der Waals surface area contributed by atoms with Crippen LogP contribution < -0.4 is 31.9 Å². The van der Waals surface area contributed by atoms with Crippen LogP contribution in [0.1, 0.15) is 203 Å². The Labute approximate surface area is 748 Å². The van der Waals surface area contributed by atoms with Crippen molar-refractivity contribution in [1.29, 1.82) is 0 Å². The number of unbranched alkanes of at least 4 members (excludes halogenated alkanes) is 9. The largest absolute Gasteiger partial charge is 0.481 e. The SMILES string of the molecule is Cc1[c-]ccc(CC(CC(=O)CCC(NC(=O)CN2CCN(C)CCN(C)CCN(CC(=O)O)CC2)C(=O)NC(CCCCCC(=O)CCCc2ccc(I)cc2)C(=O)O)C(=O)NC(Cc2ccccc2)C(=O)CC(CCCCCC(=O)CCCCCCC(=O)NCCCCCNC(=O)NC(C)CCC(=O)O)C(=O)O)c1.O=C=O.O=C=O.O=C=O.[Y]. The van der Waals surface area contributed by atoms with Crippen molar-refractivity contribution in [2.45, 2.75) is 231 Å². The van der Waals surface area contributed by atoms with Gasteiger partial charge in [-0.3, -0.25) is 62.5 Å². The van der Waals surface area contributed by atoms with Crippen molar-refractivity contribution < 1.29 is 144 Å². The van der Waals surface area contributed by atoms with Crippen LogP contribution in [0.4, 0.5) is 4.79 Å². The third-order valence-electron chi connectivity index (χ3n) is 20.0.